The quantitative estimate of drug-likeness (QED) is 0.844. The van der Waals surface area contributed by atoms with Crippen LogP contribution in [0.3, 0.4) is 0 Å². The van der Waals surface area contributed by atoms with Crippen molar-refractivity contribution in [2.75, 3.05) is 13.2 Å². The molecular weight excluding hydrogens is 200 g/mol. The van der Waals surface area contributed by atoms with Gasteiger partial charge in [0, 0.05) is 18.8 Å². The van der Waals surface area contributed by atoms with Crippen molar-refractivity contribution < 1.29 is 5.11 Å². The Morgan fingerprint density at radius 1 is 1.31 bits per heavy atom. The molecule has 1 fully saturated rings. The van der Waals surface area contributed by atoms with E-state index in [-0.39, 0.29) is 6.61 Å². The van der Waals surface area contributed by atoms with E-state index in [4.69, 9.17) is 0 Å². The number of likely N-dealkylation sites (tertiary alicyclic amines) is 1. The van der Waals surface area contributed by atoms with Gasteiger partial charge in [-0.2, -0.15) is 0 Å². The normalized spacial score (nSPS) is 22.9. The number of pyridine rings is 1. The first-order chi connectivity index (χ1) is 7.90. The summed E-state index contributed by atoms with van der Waals surface area (Å²) in [5, 5.41) is 9.40. The van der Waals surface area contributed by atoms with Crippen molar-refractivity contribution in [1.82, 2.24) is 9.88 Å². The third kappa shape index (κ3) is 3.03. The molecule has 0 spiro atoms. The van der Waals surface area contributed by atoms with Crippen molar-refractivity contribution in [2.45, 2.75) is 38.3 Å². The van der Waals surface area contributed by atoms with Gasteiger partial charge in [-0.3, -0.25) is 9.88 Å². The SMILES string of the molecule is OCC1CCCCCN1Cc1ccccn1. The van der Waals surface area contributed by atoms with Crippen LogP contribution in [0.2, 0.25) is 0 Å². The number of aromatic nitrogens is 1. The van der Waals surface area contributed by atoms with E-state index >= 15 is 0 Å². The van der Waals surface area contributed by atoms with Gasteiger partial charge in [0.2, 0.25) is 0 Å². The molecule has 3 nitrogen and oxygen atoms in total. The Morgan fingerprint density at radius 2 is 2.25 bits per heavy atom. The standard InChI is InChI=1S/C13H20N2O/c16-11-13-7-2-1-5-9-15(13)10-12-6-3-4-8-14-12/h3-4,6,8,13,16H,1-2,5,7,9-11H2. The summed E-state index contributed by atoms with van der Waals surface area (Å²) < 4.78 is 0. The molecule has 0 aromatic carbocycles. The van der Waals surface area contributed by atoms with Crippen LogP contribution in [0.25, 0.3) is 0 Å². The Bertz CT molecular complexity index is 302. The summed E-state index contributed by atoms with van der Waals surface area (Å²) in [5.74, 6) is 0. The Hall–Kier alpha value is -0.930. The van der Waals surface area contributed by atoms with E-state index in [1.54, 1.807) is 0 Å². The Kier molecular flexibility index (Phi) is 4.31. The van der Waals surface area contributed by atoms with Gasteiger partial charge in [0.1, 0.15) is 0 Å². The molecule has 3 heteroatoms. The highest BCUT2D eigenvalue weighted by atomic mass is 16.3. The van der Waals surface area contributed by atoms with E-state index in [0.29, 0.717) is 6.04 Å². The minimum Gasteiger partial charge on any atom is -0.395 e. The molecule has 0 amide bonds. The highest BCUT2D eigenvalue weighted by molar-refractivity contribution is 5.03. The van der Waals surface area contributed by atoms with E-state index in [1.165, 1.54) is 19.3 Å². The summed E-state index contributed by atoms with van der Waals surface area (Å²) in [6.07, 6.45) is 6.72. The van der Waals surface area contributed by atoms with Gasteiger partial charge in [0.15, 0.2) is 0 Å². The first-order valence-corrected chi connectivity index (χ1v) is 6.15. The van der Waals surface area contributed by atoms with Crippen molar-refractivity contribution in [1.29, 1.82) is 0 Å². The van der Waals surface area contributed by atoms with Gasteiger partial charge >= 0.3 is 0 Å². The summed E-state index contributed by atoms with van der Waals surface area (Å²) in [6, 6.07) is 6.34. The Morgan fingerprint density at radius 3 is 3.00 bits per heavy atom. The molecule has 2 rings (SSSR count). The monoisotopic (exact) mass is 220 g/mol. The first-order valence-electron chi connectivity index (χ1n) is 6.15. The zero-order chi connectivity index (χ0) is 11.2. The molecular formula is C13H20N2O. The minimum absolute atomic E-state index is 0.271. The molecule has 1 aliphatic heterocycles. The highest BCUT2D eigenvalue weighted by Crippen LogP contribution is 2.18. The maximum Gasteiger partial charge on any atom is 0.0587 e. The van der Waals surface area contributed by atoms with Crippen LogP contribution in [0.1, 0.15) is 31.4 Å². The minimum atomic E-state index is 0.271. The van der Waals surface area contributed by atoms with Crippen LogP contribution in [-0.2, 0) is 6.54 Å². The average molecular weight is 220 g/mol. The Labute approximate surface area is 97.1 Å². The average Bonchev–Trinajstić information content (AvgIpc) is 2.55. The maximum absolute atomic E-state index is 9.40. The second-order valence-electron chi connectivity index (χ2n) is 4.48. The molecule has 0 saturated carbocycles. The molecule has 88 valence electrons. The van der Waals surface area contributed by atoms with Gasteiger partial charge in [-0.15, -0.1) is 0 Å². The molecule has 1 N–H and O–H groups in total. The fraction of sp³-hybridized carbons (Fsp3) is 0.615. The predicted molar refractivity (Wildman–Crippen MR) is 64.0 cm³/mol. The summed E-state index contributed by atoms with van der Waals surface area (Å²) >= 11 is 0. The molecule has 0 radical (unpaired) electrons. The van der Waals surface area contributed by atoms with Gasteiger partial charge < -0.3 is 5.11 Å². The third-order valence-electron chi connectivity index (χ3n) is 3.30. The van der Waals surface area contributed by atoms with Gasteiger partial charge in [-0.1, -0.05) is 18.9 Å². The second-order valence-corrected chi connectivity index (χ2v) is 4.48. The summed E-state index contributed by atoms with van der Waals surface area (Å²) in [4.78, 5) is 6.72. The number of nitrogens with zero attached hydrogens (tertiary/aromatic N) is 2. The summed E-state index contributed by atoms with van der Waals surface area (Å²) in [7, 11) is 0. The lowest BCUT2D eigenvalue weighted by atomic mass is 10.1. The van der Waals surface area contributed by atoms with Crippen LogP contribution in [0.5, 0.6) is 0 Å². The van der Waals surface area contributed by atoms with Crippen LogP contribution in [0.4, 0.5) is 0 Å². The van der Waals surface area contributed by atoms with Gasteiger partial charge in [0.25, 0.3) is 0 Å². The Balaban J connectivity index is 2.00. The molecule has 16 heavy (non-hydrogen) atoms. The van der Waals surface area contributed by atoms with E-state index in [1.807, 2.05) is 18.3 Å². The van der Waals surface area contributed by atoms with Crippen LogP contribution in [0.15, 0.2) is 24.4 Å². The summed E-state index contributed by atoms with van der Waals surface area (Å²) in [5.41, 5.74) is 1.10. The molecule has 1 unspecified atom stereocenters. The van der Waals surface area contributed by atoms with Crippen molar-refractivity contribution in [3.8, 4) is 0 Å². The summed E-state index contributed by atoms with van der Waals surface area (Å²) in [6.45, 7) is 2.22. The zero-order valence-corrected chi connectivity index (χ0v) is 9.68. The number of aliphatic hydroxyl groups excluding tert-OH is 1. The zero-order valence-electron chi connectivity index (χ0n) is 9.68. The molecule has 1 aromatic heterocycles. The third-order valence-corrected chi connectivity index (χ3v) is 3.30. The fourth-order valence-corrected chi connectivity index (χ4v) is 2.35. The van der Waals surface area contributed by atoms with E-state index in [2.05, 4.69) is 16.0 Å². The molecule has 1 atom stereocenters. The van der Waals surface area contributed by atoms with Crippen LogP contribution in [0, 0.1) is 0 Å². The fourth-order valence-electron chi connectivity index (χ4n) is 2.35. The van der Waals surface area contributed by atoms with E-state index in [9.17, 15) is 5.11 Å². The smallest absolute Gasteiger partial charge is 0.0587 e. The maximum atomic E-state index is 9.40. The number of hydrogen-bond donors (Lipinski definition) is 1. The van der Waals surface area contributed by atoms with Crippen LogP contribution < -0.4 is 0 Å². The molecule has 1 aliphatic rings. The lowest BCUT2D eigenvalue weighted by Gasteiger charge is -2.27. The molecule has 1 saturated heterocycles. The lowest BCUT2D eigenvalue weighted by molar-refractivity contribution is 0.117. The number of aliphatic hydroxyl groups is 1. The second kappa shape index (κ2) is 5.97. The van der Waals surface area contributed by atoms with Crippen molar-refractivity contribution >= 4 is 0 Å². The largest absolute Gasteiger partial charge is 0.395 e. The highest BCUT2D eigenvalue weighted by Gasteiger charge is 2.20. The van der Waals surface area contributed by atoms with Gasteiger partial charge in [0.05, 0.1) is 12.3 Å². The molecule has 1 aromatic rings. The van der Waals surface area contributed by atoms with Crippen LogP contribution >= 0.6 is 0 Å². The van der Waals surface area contributed by atoms with Gasteiger partial charge in [-0.25, -0.2) is 0 Å². The molecule has 0 bridgehead atoms. The van der Waals surface area contributed by atoms with E-state index < -0.39 is 0 Å². The lowest BCUT2D eigenvalue weighted by Crippen LogP contribution is -2.37. The van der Waals surface area contributed by atoms with Crippen molar-refractivity contribution in [3.05, 3.63) is 30.1 Å². The van der Waals surface area contributed by atoms with Crippen molar-refractivity contribution in [2.24, 2.45) is 0 Å². The molecule has 2 heterocycles. The van der Waals surface area contributed by atoms with Crippen molar-refractivity contribution in [3.63, 3.8) is 0 Å². The number of hydrogen-bond acceptors (Lipinski definition) is 3. The first kappa shape index (κ1) is 11.6. The number of rotatable bonds is 3. The topological polar surface area (TPSA) is 36.4 Å². The van der Waals surface area contributed by atoms with Crippen LogP contribution in [-0.4, -0.2) is 34.2 Å². The van der Waals surface area contributed by atoms with E-state index in [0.717, 1.165) is 25.2 Å². The van der Waals surface area contributed by atoms with Gasteiger partial charge in [-0.05, 0) is 31.5 Å². The molecule has 0 aliphatic carbocycles. The predicted octanol–water partition coefficient (Wildman–Crippen LogP) is 1.82.